The molecule has 0 saturated carbocycles. The molecule has 28 heavy (non-hydrogen) atoms. The van der Waals surface area contributed by atoms with E-state index in [-0.39, 0.29) is 5.56 Å². The van der Waals surface area contributed by atoms with E-state index in [1.807, 2.05) is 12.1 Å². The summed E-state index contributed by atoms with van der Waals surface area (Å²) in [4.78, 5) is 11.0. The third-order valence-corrected chi connectivity index (χ3v) is 5.43. The molecule has 0 radical (unpaired) electrons. The fourth-order valence-electron chi connectivity index (χ4n) is 2.45. The van der Waals surface area contributed by atoms with Crippen molar-refractivity contribution in [3.8, 4) is 0 Å². The number of nitrogens with zero attached hydrogens (tertiary/aromatic N) is 4. The maximum Gasteiger partial charge on any atom is 0.335 e. The number of aromatic nitrogens is 3. The Morgan fingerprint density at radius 2 is 1.89 bits per heavy atom. The molecule has 1 N–H and O–H groups in total. The maximum atomic E-state index is 11.0. The van der Waals surface area contributed by atoms with Crippen LogP contribution >= 0.6 is 27.7 Å². The van der Waals surface area contributed by atoms with Gasteiger partial charge in [-0.05, 0) is 41.8 Å². The van der Waals surface area contributed by atoms with E-state index in [0.717, 1.165) is 39.6 Å². The largest absolute Gasteiger partial charge is 0.478 e. The monoisotopic (exact) mass is 458 g/mol. The molecule has 0 aliphatic carbocycles. The smallest absolute Gasteiger partial charge is 0.335 e. The summed E-state index contributed by atoms with van der Waals surface area (Å²) in [6.07, 6.45) is 3.41. The van der Waals surface area contributed by atoms with Gasteiger partial charge < -0.3 is 5.11 Å². The second-order valence-corrected chi connectivity index (χ2v) is 7.91. The molecule has 0 amide bonds. The summed E-state index contributed by atoms with van der Waals surface area (Å²) in [5, 5.41) is 22.8. The first kappa shape index (κ1) is 20.3. The zero-order valence-electron chi connectivity index (χ0n) is 15.2. The Bertz CT molecular complexity index is 969. The predicted molar refractivity (Wildman–Crippen MR) is 114 cm³/mol. The number of hydrogen-bond donors (Lipinski definition) is 1. The Morgan fingerprint density at radius 3 is 2.54 bits per heavy atom. The minimum absolute atomic E-state index is 0.249. The van der Waals surface area contributed by atoms with Crippen molar-refractivity contribution in [1.82, 2.24) is 14.9 Å². The summed E-state index contributed by atoms with van der Waals surface area (Å²) in [6, 6.07) is 14.7. The summed E-state index contributed by atoms with van der Waals surface area (Å²) >= 11 is 5.02. The molecule has 0 unspecified atom stereocenters. The van der Waals surface area contributed by atoms with E-state index in [2.05, 4.69) is 50.3 Å². The molecule has 3 aromatic rings. The van der Waals surface area contributed by atoms with Crippen LogP contribution in [0.25, 0.3) is 0 Å². The van der Waals surface area contributed by atoms with Crippen LogP contribution < -0.4 is 0 Å². The number of hydrogen-bond acceptors (Lipinski definition) is 5. The number of halogens is 1. The number of carbonyl (C=O) groups is 1. The highest BCUT2D eigenvalue weighted by Gasteiger charge is 2.11. The van der Waals surface area contributed by atoms with Crippen molar-refractivity contribution >= 4 is 39.9 Å². The van der Waals surface area contributed by atoms with Gasteiger partial charge in [0.25, 0.3) is 0 Å². The van der Waals surface area contributed by atoms with Crippen LogP contribution in [0.5, 0.6) is 0 Å². The molecule has 0 saturated heterocycles. The number of benzene rings is 2. The summed E-state index contributed by atoms with van der Waals surface area (Å²) in [7, 11) is 0. The Hall–Kier alpha value is -2.45. The number of thioether (sulfide) groups is 1. The lowest BCUT2D eigenvalue weighted by atomic mass is 10.1. The lowest BCUT2D eigenvalue weighted by molar-refractivity contribution is 0.0697. The van der Waals surface area contributed by atoms with Crippen molar-refractivity contribution < 1.29 is 9.90 Å². The minimum atomic E-state index is -0.945. The molecule has 3 rings (SSSR count). The molecular formula is C20H19BrN4O2S. The van der Waals surface area contributed by atoms with Gasteiger partial charge in [0, 0.05) is 16.6 Å². The van der Waals surface area contributed by atoms with Crippen molar-refractivity contribution in [2.75, 3.05) is 0 Å². The first-order valence-corrected chi connectivity index (χ1v) is 10.5. The SMILES string of the molecule is CCCc1nnc(SCc2ccc(Br)cc2)n1/N=C\c1ccc(C(=O)O)cc1. The highest BCUT2D eigenvalue weighted by molar-refractivity contribution is 9.10. The lowest BCUT2D eigenvalue weighted by Gasteiger charge is -2.04. The van der Waals surface area contributed by atoms with Crippen molar-refractivity contribution in [3.63, 3.8) is 0 Å². The number of carboxylic acid groups (broad SMARTS) is 1. The molecule has 8 heteroatoms. The molecule has 2 aromatic carbocycles. The number of aryl methyl sites for hydroxylation is 1. The average molecular weight is 459 g/mol. The van der Waals surface area contributed by atoms with Gasteiger partial charge in [-0.2, -0.15) is 9.78 Å². The lowest BCUT2D eigenvalue weighted by Crippen LogP contribution is -2.01. The summed E-state index contributed by atoms with van der Waals surface area (Å²) in [5.74, 6) is 0.624. The van der Waals surface area contributed by atoms with Gasteiger partial charge >= 0.3 is 5.97 Å². The molecule has 1 aromatic heterocycles. The Balaban J connectivity index is 1.78. The number of carboxylic acids is 1. The van der Waals surface area contributed by atoms with Crippen LogP contribution in [0, 0.1) is 0 Å². The molecule has 0 spiro atoms. The van der Waals surface area contributed by atoms with Crippen LogP contribution in [0.15, 0.2) is 63.3 Å². The summed E-state index contributed by atoms with van der Waals surface area (Å²) in [5.41, 5.74) is 2.25. The van der Waals surface area contributed by atoms with Crippen LogP contribution in [-0.2, 0) is 12.2 Å². The molecule has 1 heterocycles. The van der Waals surface area contributed by atoms with E-state index in [0.29, 0.717) is 0 Å². The van der Waals surface area contributed by atoms with E-state index in [1.54, 1.807) is 46.9 Å². The van der Waals surface area contributed by atoms with Gasteiger partial charge in [-0.1, -0.05) is 58.9 Å². The normalized spacial score (nSPS) is 11.2. The van der Waals surface area contributed by atoms with E-state index < -0.39 is 5.97 Å². The molecular weight excluding hydrogens is 440 g/mol. The van der Waals surface area contributed by atoms with Gasteiger partial charge in [0.05, 0.1) is 11.8 Å². The molecule has 0 bridgehead atoms. The van der Waals surface area contributed by atoms with E-state index in [1.165, 1.54) is 5.56 Å². The standard InChI is InChI=1S/C20H19BrN4O2S/c1-2-3-18-23-24-20(28-13-15-6-10-17(21)11-7-15)25(18)22-12-14-4-8-16(9-5-14)19(26)27/h4-12H,2-3,13H2,1H3,(H,26,27)/b22-12-. The molecule has 0 aliphatic heterocycles. The van der Waals surface area contributed by atoms with E-state index >= 15 is 0 Å². The predicted octanol–water partition coefficient (Wildman–Crippen LogP) is 4.87. The number of aromatic carboxylic acids is 1. The van der Waals surface area contributed by atoms with Crippen LogP contribution in [0.2, 0.25) is 0 Å². The van der Waals surface area contributed by atoms with Crippen molar-refractivity contribution in [2.24, 2.45) is 5.10 Å². The number of rotatable bonds is 8. The van der Waals surface area contributed by atoms with Crippen LogP contribution in [0.3, 0.4) is 0 Å². The first-order valence-electron chi connectivity index (χ1n) is 8.76. The fourth-order valence-corrected chi connectivity index (χ4v) is 3.57. The van der Waals surface area contributed by atoms with Crippen LogP contribution in [-0.4, -0.2) is 32.2 Å². The van der Waals surface area contributed by atoms with Gasteiger partial charge in [-0.15, -0.1) is 10.2 Å². The maximum absolute atomic E-state index is 11.0. The Kier molecular flexibility index (Phi) is 7.00. The topological polar surface area (TPSA) is 80.4 Å². The molecule has 144 valence electrons. The van der Waals surface area contributed by atoms with Gasteiger partial charge in [-0.3, -0.25) is 0 Å². The minimum Gasteiger partial charge on any atom is -0.478 e. The highest BCUT2D eigenvalue weighted by Crippen LogP contribution is 2.23. The Labute approximate surface area is 175 Å². The quantitative estimate of drug-likeness (QED) is 0.384. The average Bonchev–Trinajstić information content (AvgIpc) is 3.08. The van der Waals surface area contributed by atoms with Gasteiger partial charge in [0.15, 0.2) is 5.82 Å². The van der Waals surface area contributed by atoms with Crippen molar-refractivity contribution in [1.29, 1.82) is 0 Å². The van der Waals surface area contributed by atoms with Crippen LogP contribution in [0.4, 0.5) is 0 Å². The van der Waals surface area contributed by atoms with Gasteiger partial charge in [0.1, 0.15) is 0 Å². The zero-order valence-corrected chi connectivity index (χ0v) is 17.7. The second-order valence-electron chi connectivity index (χ2n) is 6.05. The molecule has 0 aliphatic rings. The second kappa shape index (κ2) is 9.66. The van der Waals surface area contributed by atoms with Gasteiger partial charge in [-0.25, -0.2) is 4.79 Å². The molecule has 0 atom stereocenters. The van der Waals surface area contributed by atoms with Crippen molar-refractivity contribution in [2.45, 2.75) is 30.7 Å². The van der Waals surface area contributed by atoms with Gasteiger partial charge in [0.2, 0.25) is 5.16 Å². The van der Waals surface area contributed by atoms with E-state index in [4.69, 9.17) is 5.11 Å². The summed E-state index contributed by atoms with van der Waals surface area (Å²) in [6.45, 7) is 2.09. The van der Waals surface area contributed by atoms with Crippen LogP contribution in [0.1, 0.15) is 40.7 Å². The van der Waals surface area contributed by atoms with Crippen molar-refractivity contribution in [3.05, 3.63) is 75.5 Å². The third-order valence-electron chi connectivity index (χ3n) is 3.91. The third kappa shape index (κ3) is 5.30. The first-order chi connectivity index (χ1) is 13.6. The highest BCUT2D eigenvalue weighted by atomic mass is 79.9. The van der Waals surface area contributed by atoms with E-state index in [9.17, 15) is 4.79 Å². The molecule has 0 fully saturated rings. The molecule has 6 nitrogen and oxygen atoms in total. The fraction of sp³-hybridized carbons (Fsp3) is 0.200. The Morgan fingerprint density at radius 1 is 1.18 bits per heavy atom. The summed E-state index contributed by atoms with van der Waals surface area (Å²) < 4.78 is 2.81. The zero-order chi connectivity index (χ0) is 19.9.